The summed E-state index contributed by atoms with van der Waals surface area (Å²) >= 11 is 0. The predicted molar refractivity (Wildman–Crippen MR) is 143 cm³/mol. The summed E-state index contributed by atoms with van der Waals surface area (Å²) in [6, 6.07) is 30.2. The zero-order valence-electron chi connectivity index (χ0n) is 19.8. The lowest BCUT2D eigenvalue weighted by Crippen LogP contribution is -2.01. The zero-order valence-corrected chi connectivity index (χ0v) is 19.8. The first-order valence-corrected chi connectivity index (χ1v) is 12.1. The third-order valence-corrected chi connectivity index (χ3v) is 6.54. The number of benzene rings is 3. The molecule has 0 amide bonds. The molecule has 0 saturated carbocycles. The third-order valence-electron chi connectivity index (χ3n) is 6.54. The number of aromatic nitrogens is 6. The maximum atomic E-state index is 4.78. The van der Waals surface area contributed by atoms with Gasteiger partial charge in [0.25, 0.3) is 0 Å². The molecular weight excluding hydrogens is 456 g/mol. The Morgan fingerprint density at radius 1 is 0.459 bits per heavy atom. The van der Waals surface area contributed by atoms with Gasteiger partial charge in [-0.15, -0.1) is 0 Å². The molecule has 0 N–H and O–H groups in total. The summed E-state index contributed by atoms with van der Waals surface area (Å²) in [5.41, 5.74) is 8.24. The molecule has 0 radical (unpaired) electrons. The zero-order chi connectivity index (χ0) is 24.6. The number of hydrogen-bond donors (Lipinski definition) is 0. The molecule has 1 aliphatic carbocycles. The van der Waals surface area contributed by atoms with E-state index in [0.29, 0.717) is 23.3 Å². The van der Waals surface area contributed by atoms with Crippen LogP contribution in [0.25, 0.3) is 56.8 Å². The Morgan fingerprint density at radius 3 is 1.70 bits per heavy atom. The summed E-state index contributed by atoms with van der Waals surface area (Å²) in [5.74, 6) is 2.43. The van der Waals surface area contributed by atoms with Crippen LogP contribution in [0.1, 0.15) is 11.1 Å². The van der Waals surface area contributed by atoms with Gasteiger partial charge in [0.05, 0.1) is 11.3 Å². The van der Waals surface area contributed by atoms with E-state index in [2.05, 4.69) is 23.2 Å². The van der Waals surface area contributed by atoms with Crippen LogP contribution in [0.3, 0.4) is 0 Å². The lowest BCUT2D eigenvalue weighted by atomic mass is 10.0. The Hall–Kier alpha value is -5.10. The summed E-state index contributed by atoms with van der Waals surface area (Å²) in [5, 5.41) is 0. The van der Waals surface area contributed by atoms with Crippen LogP contribution >= 0.6 is 0 Å². The molecule has 6 nitrogen and oxygen atoms in total. The fraction of sp³-hybridized carbons (Fsp3) is 0.0323. The minimum Gasteiger partial charge on any atom is -0.256 e. The van der Waals surface area contributed by atoms with Crippen molar-refractivity contribution in [2.75, 3.05) is 0 Å². The Morgan fingerprint density at radius 2 is 1.05 bits per heavy atom. The predicted octanol–water partition coefficient (Wildman–Crippen LogP) is 6.30. The SMILES string of the molecule is c1ccc(-c2nc(-c3ccccc3)nc(-c3cnc(-c4cccc5c4Cc4cccnc4-5)nc3)n2)cc1. The standard InChI is InChI=1S/C31H20N6/c1-3-9-20(10-4-1)28-35-29(21-11-5-2-6-12-21)37-30(36-28)23-18-33-31(34-19-23)25-15-7-14-24-26(25)17-22-13-8-16-32-27(22)24/h1-16,18-19H,17H2. The van der Waals surface area contributed by atoms with E-state index >= 15 is 0 Å². The maximum Gasteiger partial charge on any atom is 0.167 e. The highest BCUT2D eigenvalue weighted by molar-refractivity contribution is 5.81. The quantitative estimate of drug-likeness (QED) is 0.297. The van der Waals surface area contributed by atoms with Gasteiger partial charge in [-0.05, 0) is 17.2 Å². The summed E-state index contributed by atoms with van der Waals surface area (Å²) in [6.07, 6.45) is 6.25. The van der Waals surface area contributed by atoms with Gasteiger partial charge in [-0.25, -0.2) is 24.9 Å². The van der Waals surface area contributed by atoms with E-state index in [-0.39, 0.29) is 0 Å². The molecule has 0 fully saturated rings. The second-order valence-corrected chi connectivity index (χ2v) is 8.85. The van der Waals surface area contributed by atoms with E-state index < -0.39 is 0 Å². The van der Waals surface area contributed by atoms with E-state index in [4.69, 9.17) is 24.9 Å². The average Bonchev–Trinajstić information content (AvgIpc) is 3.37. The topological polar surface area (TPSA) is 77.3 Å². The van der Waals surface area contributed by atoms with Crippen molar-refractivity contribution in [1.82, 2.24) is 29.9 Å². The second-order valence-electron chi connectivity index (χ2n) is 8.85. The van der Waals surface area contributed by atoms with Crippen LogP contribution in [-0.2, 0) is 6.42 Å². The van der Waals surface area contributed by atoms with E-state index in [9.17, 15) is 0 Å². The summed E-state index contributed by atoms with van der Waals surface area (Å²) in [6.45, 7) is 0. The molecule has 0 saturated heterocycles. The van der Waals surface area contributed by atoms with E-state index in [1.807, 2.05) is 79.0 Å². The Balaban J connectivity index is 1.30. The fourth-order valence-electron chi connectivity index (χ4n) is 4.74. The molecule has 0 spiro atoms. The summed E-state index contributed by atoms with van der Waals surface area (Å²) in [4.78, 5) is 28.4. The maximum absolute atomic E-state index is 4.78. The molecular formula is C31H20N6. The smallest absolute Gasteiger partial charge is 0.167 e. The van der Waals surface area contributed by atoms with Gasteiger partial charge in [0.2, 0.25) is 0 Å². The Kier molecular flexibility index (Phi) is 5.07. The van der Waals surface area contributed by atoms with Crippen molar-refractivity contribution in [3.05, 3.63) is 121 Å². The van der Waals surface area contributed by atoms with Crippen LogP contribution in [0.5, 0.6) is 0 Å². The molecule has 174 valence electrons. The summed E-state index contributed by atoms with van der Waals surface area (Å²) < 4.78 is 0. The molecule has 3 aromatic carbocycles. The van der Waals surface area contributed by atoms with Crippen molar-refractivity contribution < 1.29 is 0 Å². The monoisotopic (exact) mass is 476 g/mol. The molecule has 6 heteroatoms. The first-order chi connectivity index (χ1) is 18.3. The molecule has 0 bridgehead atoms. The van der Waals surface area contributed by atoms with E-state index in [0.717, 1.165) is 39.9 Å². The average molecular weight is 477 g/mol. The lowest BCUT2D eigenvalue weighted by Gasteiger charge is -2.09. The van der Waals surface area contributed by atoms with Gasteiger partial charge in [0.15, 0.2) is 23.3 Å². The number of pyridine rings is 1. The van der Waals surface area contributed by atoms with E-state index in [1.54, 1.807) is 12.4 Å². The van der Waals surface area contributed by atoms with Crippen LogP contribution in [0.2, 0.25) is 0 Å². The minimum absolute atomic E-state index is 0.536. The third kappa shape index (κ3) is 3.85. The number of rotatable bonds is 4. The normalized spacial score (nSPS) is 11.7. The molecule has 0 aliphatic heterocycles. The molecule has 3 aromatic heterocycles. The molecule has 0 unspecified atom stereocenters. The van der Waals surface area contributed by atoms with Gasteiger partial charge >= 0.3 is 0 Å². The Bertz CT molecular complexity index is 1670. The number of nitrogens with zero attached hydrogens (tertiary/aromatic N) is 6. The van der Waals surface area contributed by atoms with Gasteiger partial charge in [-0.2, -0.15) is 0 Å². The molecule has 3 heterocycles. The molecule has 37 heavy (non-hydrogen) atoms. The van der Waals surface area contributed by atoms with Crippen molar-refractivity contribution >= 4 is 0 Å². The largest absolute Gasteiger partial charge is 0.256 e. The first kappa shape index (κ1) is 21.2. The highest BCUT2D eigenvalue weighted by Gasteiger charge is 2.23. The van der Waals surface area contributed by atoms with Crippen LogP contribution in [-0.4, -0.2) is 29.9 Å². The first-order valence-electron chi connectivity index (χ1n) is 12.1. The lowest BCUT2D eigenvalue weighted by molar-refractivity contribution is 1.06. The van der Waals surface area contributed by atoms with Crippen molar-refractivity contribution in [2.24, 2.45) is 0 Å². The molecule has 0 atom stereocenters. The van der Waals surface area contributed by atoms with Gasteiger partial charge < -0.3 is 0 Å². The van der Waals surface area contributed by atoms with Crippen molar-refractivity contribution in [2.45, 2.75) is 6.42 Å². The number of fused-ring (bicyclic) bond motifs is 3. The van der Waals surface area contributed by atoms with Gasteiger partial charge in [-0.1, -0.05) is 84.9 Å². The highest BCUT2D eigenvalue weighted by atomic mass is 15.0. The number of hydrogen-bond acceptors (Lipinski definition) is 6. The second kappa shape index (κ2) is 8.84. The fourth-order valence-corrected chi connectivity index (χ4v) is 4.74. The molecule has 7 rings (SSSR count). The van der Waals surface area contributed by atoms with Crippen LogP contribution in [0.4, 0.5) is 0 Å². The van der Waals surface area contributed by atoms with Crippen molar-refractivity contribution in [3.8, 4) is 56.8 Å². The van der Waals surface area contributed by atoms with Crippen LogP contribution < -0.4 is 0 Å². The van der Waals surface area contributed by atoms with Gasteiger partial charge in [0, 0.05) is 47.3 Å². The minimum atomic E-state index is 0.536. The van der Waals surface area contributed by atoms with Gasteiger partial charge in [-0.3, -0.25) is 4.98 Å². The molecule has 6 aromatic rings. The van der Waals surface area contributed by atoms with Crippen molar-refractivity contribution in [3.63, 3.8) is 0 Å². The van der Waals surface area contributed by atoms with Crippen molar-refractivity contribution in [1.29, 1.82) is 0 Å². The van der Waals surface area contributed by atoms with Crippen LogP contribution in [0, 0.1) is 0 Å². The van der Waals surface area contributed by atoms with E-state index in [1.165, 1.54) is 11.1 Å². The highest BCUT2D eigenvalue weighted by Crippen LogP contribution is 2.39. The Labute approximate surface area is 213 Å². The molecule has 1 aliphatic rings. The van der Waals surface area contributed by atoms with Gasteiger partial charge in [0.1, 0.15) is 0 Å². The summed E-state index contributed by atoms with van der Waals surface area (Å²) in [7, 11) is 0. The van der Waals surface area contributed by atoms with Crippen LogP contribution in [0.15, 0.2) is 110 Å².